The van der Waals surface area contributed by atoms with E-state index in [0.717, 1.165) is 12.5 Å². The molecule has 3 fully saturated rings. The van der Waals surface area contributed by atoms with Crippen LogP contribution in [-0.4, -0.2) is 23.9 Å². The van der Waals surface area contributed by atoms with E-state index in [1.54, 1.807) is 12.1 Å². The second-order valence-electron chi connectivity index (χ2n) is 8.45. The van der Waals surface area contributed by atoms with Crippen LogP contribution in [0.3, 0.4) is 0 Å². The molecule has 0 spiro atoms. The summed E-state index contributed by atoms with van der Waals surface area (Å²) in [5, 5.41) is 5.02. The minimum absolute atomic E-state index is 0.0212. The van der Waals surface area contributed by atoms with E-state index in [1.165, 1.54) is 30.3 Å². The molecule has 1 saturated heterocycles. The summed E-state index contributed by atoms with van der Waals surface area (Å²) in [5.74, 6) is -2.43. The number of para-hydroxylation sites is 2. The fourth-order valence-electron chi connectivity index (χ4n) is 5.40. The molecule has 2 aliphatic carbocycles. The number of carbonyl (C=O) groups excluding carboxylic acids is 3. The van der Waals surface area contributed by atoms with Gasteiger partial charge in [0.15, 0.2) is 0 Å². The van der Waals surface area contributed by atoms with Crippen LogP contribution in [0.2, 0.25) is 0 Å². The van der Waals surface area contributed by atoms with Gasteiger partial charge in [0.25, 0.3) is 5.91 Å². The predicted molar refractivity (Wildman–Crippen MR) is 108 cm³/mol. The number of carbonyl (C=O) groups is 3. The van der Waals surface area contributed by atoms with Crippen molar-refractivity contribution >= 4 is 29.2 Å². The molecule has 0 unspecified atom stereocenters. The average molecular weight is 444 g/mol. The van der Waals surface area contributed by atoms with Crippen molar-refractivity contribution in [2.75, 3.05) is 10.6 Å². The first kappa shape index (κ1) is 20.5. The summed E-state index contributed by atoms with van der Waals surface area (Å²) < 4.78 is 45.1. The molecular weight excluding hydrogens is 425 g/mol. The van der Waals surface area contributed by atoms with Gasteiger partial charge in [-0.15, -0.1) is 0 Å². The number of esters is 1. The third-order valence-electron chi connectivity index (χ3n) is 6.70. The molecule has 2 amide bonds. The lowest BCUT2D eigenvalue weighted by atomic mass is 9.79. The van der Waals surface area contributed by atoms with Crippen LogP contribution in [-0.2, 0) is 20.5 Å². The van der Waals surface area contributed by atoms with Crippen molar-refractivity contribution in [3.8, 4) is 0 Å². The number of hydrogen-bond acceptors (Lipinski definition) is 4. The van der Waals surface area contributed by atoms with Crippen LogP contribution in [0.4, 0.5) is 24.5 Å². The zero-order chi connectivity index (χ0) is 22.6. The minimum atomic E-state index is -4.63. The monoisotopic (exact) mass is 444 g/mol. The van der Waals surface area contributed by atoms with Gasteiger partial charge in [-0.05, 0) is 43.0 Å². The summed E-state index contributed by atoms with van der Waals surface area (Å²) in [5.41, 5.74) is -1.15. The van der Waals surface area contributed by atoms with E-state index in [9.17, 15) is 27.6 Å². The molecule has 3 aliphatic rings. The number of nitrogens with one attached hydrogen (secondary N) is 2. The van der Waals surface area contributed by atoms with Crippen LogP contribution in [0.1, 0.15) is 28.8 Å². The normalized spacial score (nSPS) is 27.8. The molecule has 166 valence electrons. The van der Waals surface area contributed by atoms with Crippen molar-refractivity contribution in [2.45, 2.75) is 25.1 Å². The molecule has 2 aromatic rings. The van der Waals surface area contributed by atoms with E-state index in [-0.39, 0.29) is 46.8 Å². The van der Waals surface area contributed by atoms with Crippen molar-refractivity contribution in [3.63, 3.8) is 0 Å². The van der Waals surface area contributed by atoms with Crippen LogP contribution in [0, 0.1) is 23.7 Å². The standard InChI is InChI=1S/C23H19F3N2O4/c24-23(25,26)14-6-2-4-8-16(14)28-20(29)12-5-1-3-7-15(12)27-21(30)18-11-9-13-17(10-11)32-22(31)19(13)18/h1-8,11,13,17-19H,9-10H2,(H,27,30)(H,28,29)/t11-,13+,17+,18-,19-/m1/s1. The van der Waals surface area contributed by atoms with Gasteiger partial charge >= 0.3 is 12.1 Å². The van der Waals surface area contributed by atoms with E-state index in [0.29, 0.717) is 6.42 Å². The molecule has 6 nitrogen and oxygen atoms in total. The Labute approximate surface area is 181 Å². The van der Waals surface area contributed by atoms with Crippen molar-refractivity contribution < 1.29 is 32.3 Å². The summed E-state index contributed by atoms with van der Waals surface area (Å²) >= 11 is 0. The summed E-state index contributed by atoms with van der Waals surface area (Å²) in [4.78, 5) is 38.1. The molecule has 32 heavy (non-hydrogen) atoms. The van der Waals surface area contributed by atoms with E-state index in [2.05, 4.69) is 10.6 Å². The highest BCUT2D eigenvalue weighted by molar-refractivity contribution is 6.10. The Morgan fingerprint density at radius 2 is 1.62 bits per heavy atom. The highest BCUT2D eigenvalue weighted by Gasteiger charge is 2.63. The summed E-state index contributed by atoms with van der Waals surface area (Å²) in [6.45, 7) is 0. The second-order valence-corrected chi connectivity index (χ2v) is 8.45. The molecule has 2 N–H and O–H groups in total. The molecule has 2 saturated carbocycles. The number of fused-ring (bicyclic) bond motifs is 1. The minimum Gasteiger partial charge on any atom is -0.462 e. The van der Waals surface area contributed by atoms with Gasteiger partial charge in [0.2, 0.25) is 5.91 Å². The Hall–Kier alpha value is -3.36. The number of halogens is 3. The van der Waals surface area contributed by atoms with E-state index in [1.807, 2.05) is 0 Å². The Balaban J connectivity index is 1.37. The molecule has 2 aromatic carbocycles. The van der Waals surface area contributed by atoms with Crippen LogP contribution in [0.15, 0.2) is 48.5 Å². The van der Waals surface area contributed by atoms with Gasteiger partial charge in [-0.1, -0.05) is 24.3 Å². The Bertz CT molecular complexity index is 1110. The lowest BCUT2D eigenvalue weighted by Gasteiger charge is -2.24. The Morgan fingerprint density at radius 3 is 2.38 bits per heavy atom. The maximum absolute atomic E-state index is 13.3. The zero-order valence-electron chi connectivity index (χ0n) is 16.7. The maximum atomic E-state index is 13.3. The maximum Gasteiger partial charge on any atom is 0.418 e. The zero-order valence-corrected chi connectivity index (χ0v) is 16.7. The second kappa shape index (κ2) is 7.36. The highest BCUT2D eigenvalue weighted by atomic mass is 19.4. The number of benzene rings is 2. The van der Waals surface area contributed by atoms with Crippen molar-refractivity contribution in [3.05, 3.63) is 59.7 Å². The molecule has 0 radical (unpaired) electrons. The summed E-state index contributed by atoms with van der Waals surface area (Å²) in [6, 6.07) is 10.8. The number of hydrogen-bond donors (Lipinski definition) is 2. The van der Waals surface area contributed by atoms with Crippen molar-refractivity contribution in [2.24, 2.45) is 23.7 Å². The average Bonchev–Trinajstić information content (AvgIpc) is 3.36. The fourth-order valence-corrected chi connectivity index (χ4v) is 5.40. The smallest absolute Gasteiger partial charge is 0.418 e. The van der Waals surface area contributed by atoms with E-state index >= 15 is 0 Å². The molecule has 1 aliphatic heterocycles. The highest BCUT2D eigenvalue weighted by Crippen LogP contribution is 2.57. The number of alkyl halides is 3. The topological polar surface area (TPSA) is 84.5 Å². The van der Waals surface area contributed by atoms with Crippen LogP contribution < -0.4 is 10.6 Å². The SMILES string of the molecule is O=C(Nc1ccccc1C(F)(F)F)c1ccccc1NC(=O)[C@@H]1[C@@H]2C[C@@H]3[C@H]1C(=O)O[C@H]3C2. The van der Waals surface area contributed by atoms with Crippen LogP contribution in [0.25, 0.3) is 0 Å². The molecule has 1 heterocycles. The quantitative estimate of drug-likeness (QED) is 0.696. The van der Waals surface area contributed by atoms with Gasteiger partial charge in [0.1, 0.15) is 6.10 Å². The number of amides is 2. The van der Waals surface area contributed by atoms with Gasteiger partial charge < -0.3 is 15.4 Å². The van der Waals surface area contributed by atoms with Gasteiger partial charge in [0, 0.05) is 5.92 Å². The van der Waals surface area contributed by atoms with Gasteiger partial charge in [0.05, 0.1) is 34.3 Å². The molecule has 0 aromatic heterocycles. The number of rotatable bonds is 4. The van der Waals surface area contributed by atoms with Crippen molar-refractivity contribution in [1.29, 1.82) is 0 Å². The van der Waals surface area contributed by atoms with Crippen LogP contribution >= 0.6 is 0 Å². The Morgan fingerprint density at radius 1 is 0.938 bits per heavy atom. The first-order chi connectivity index (χ1) is 15.2. The molecule has 9 heteroatoms. The van der Waals surface area contributed by atoms with E-state index < -0.39 is 29.5 Å². The lowest BCUT2D eigenvalue weighted by molar-refractivity contribution is -0.145. The van der Waals surface area contributed by atoms with Crippen LogP contribution in [0.5, 0.6) is 0 Å². The first-order valence-electron chi connectivity index (χ1n) is 10.3. The molecule has 5 atom stereocenters. The Kier molecular flexibility index (Phi) is 4.72. The van der Waals surface area contributed by atoms with E-state index in [4.69, 9.17) is 4.74 Å². The molecular formula is C23H19F3N2O4. The summed E-state index contributed by atoms with van der Waals surface area (Å²) in [6.07, 6.45) is -3.32. The fraction of sp³-hybridized carbons (Fsp3) is 0.348. The summed E-state index contributed by atoms with van der Waals surface area (Å²) in [7, 11) is 0. The molecule has 5 rings (SSSR count). The van der Waals surface area contributed by atoms with Crippen molar-refractivity contribution in [1.82, 2.24) is 0 Å². The molecule has 2 bridgehead atoms. The lowest BCUT2D eigenvalue weighted by Crippen LogP contribution is -2.36. The van der Waals surface area contributed by atoms with Gasteiger partial charge in [-0.25, -0.2) is 0 Å². The number of anilines is 2. The van der Waals surface area contributed by atoms with Gasteiger partial charge in [-0.3, -0.25) is 14.4 Å². The largest absolute Gasteiger partial charge is 0.462 e. The number of ether oxygens (including phenoxy) is 1. The first-order valence-corrected chi connectivity index (χ1v) is 10.3. The van der Waals surface area contributed by atoms with Gasteiger partial charge in [-0.2, -0.15) is 13.2 Å². The predicted octanol–water partition coefficient (Wildman–Crippen LogP) is 4.09. The third kappa shape index (κ3) is 3.32. The third-order valence-corrected chi connectivity index (χ3v) is 6.70.